The van der Waals surface area contributed by atoms with Crippen molar-refractivity contribution in [2.75, 3.05) is 48.3 Å². The Bertz CT molecular complexity index is 1420. The highest BCUT2D eigenvalue weighted by Gasteiger charge is 2.28. The Hall–Kier alpha value is -3.98. The third-order valence-corrected chi connectivity index (χ3v) is 9.83. The van der Waals surface area contributed by atoms with Crippen molar-refractivity contribution in [2.45, 2.75) is 69.7 Å². The number of amides is 2. The highest BCUT2D eigenvalue weighted by Crippen LogP contribution is 2.33. The van der Waals surface area contributed by atoms with E-state index in [-0.39, 0.29) is 17.5 Å². The number of para-hydroxylation sites is 1. The van der Waals surface area contributed by atoms with Crippen LogP contribution in [-0.2, 0) is 4.79 Å². The average Bonchev–Trinajstić information content (AvgIpc) is 3.61. The second-order valence-corrected chi connectivity index (χ2v) is 12.7. The molecule has 232 valence electrons. The topological polar surface area (TPSA) is 108 Å². The lowest BCUT2D eigenvalue weighted by Crippen LogP contribution is -2.39. The molecule has 1 aliphatic carbocycles. The molecule has 2 aliphatic heterocycles. The molecule has 1 aromatic heterocycles. The number of primary amides is 1. The minimum Gasteiger partial charge on any atom is -0.364 e. The lowest BCUT2D eigenvalue weighted by Gasteiger charge is -2.36. The summed E-state index contributed by atoms with van der Waals surface area (Å²) in [4.78, 5) is 41.1. The molecule has 0 spiro atoms. The molecule has 6 rings (SSSR count). The number of hydrogen-bond donors (Lipinski definition) is 2. The molecule has 44 heavy (non-hydrogen) atoms. The fraction of sp³-hybridized carbons (Fsp3) is 0.486. The number of nitrogens with two attached hydrogens (primary N) is 1. The normalized spacial score (nSPS) is 20.0. The van der Waals surface area contributed by atoms with Crippen LogP contribution in [0.5, 0.6) is 0 Å². The molecule has 9 heteroatoms. The van der Waals surface area contributed by atoms with E-state index < -0.39 is 5.91 Å². The maximum absolute atomic E-state index is 13.0. The number of aromatic nitrogens is 2. The molecule has 0 radical (unpaired) electrons. The Balaban J connectivity index is 1.09. The first-order valence-electron chi connectivity index (χ1n) is 16.3. The number of benzene rings is 2. The third kappa shape index (κ3) is 7.04. The zero-order valence-corrected chi connectivity index (χ0v) is 25.8. The molecule has 3 heterocycles. The van der Waals surface area contributed by atoms with Crippen LogP contribution in [0.3, 0.4) is 0 Å². The minimum atomic E-state index is -0.622. The molecular formula is C35H45N7O2. The van der Waals surface area contributed by atoms with E-state index in [0.29, 0.717) is 30.5 Å². The van der Waals surface area contributed by atoms with Gasteiger partial charge in [0.15, 0.2) is 11.5 Å². The van der Waals surface area contributed by atoms with Crippen molar-refractivity contribution in [1.82, 2.24) is 14.9 Å². The van der Waals surface area contributed by atoms with E-state index in [2.05, 4.69) is 44.4 Å². The van der Waals surface area contributed by atoms with Gasteiger partial charge in [0.05, 0.1) is 6.20 Å². The summed E-state index contributed by atoms with van der Waals surface area (Å²) in [5.41, 5.74) is 8.91. The molecule has 2 saturated heterocycles. The van der Waals surface area contributed by atoms with Crippen LogP contribution in [0, 0.1) is 5.92 Å². The highest BCUT2D eigenvalue weighted by molar-refractivity contribution is 5.96. The van der Waals surface area contributed by atoms with Gasteiger partial charge in [-0.2, -0.15) is 0 Å². The number of nitrogens with zero attached hydrogens (tertiary/aromatic N) is 5. The first kappa shape index (κ1) is 30.1. The average molecular weight is 596 g/mol. The van der Waals surface area contributed by atoms with Crippen molar-refractivity contribution in [2.24, 2.45) is 11.7 Å². The van der Waals surface area contributed by atoms with Gasteiger partial charge in [0.25, 0.3) is 5.91 Å². The fourth-order valence-electron chi connectivity index (χ4n) is 7.26. The van der Waals surface area contributed by atoms with Crippen LogP contribution >= 0.6 is 0 Å². The van der Waals surface area contributed by atoms with Crippen LogP contribution in [-0.4, -0.2) is 66.0 Å². The van der Waals surface area contributed by atoms with Crippen molar-refractivity contribution >= 4 is 34.8 Å². The molecule has 1 atom stereocenters. The van der Waals surface area contributed by atoms with E-state index in [1.54, 1.807) is 11.1 Å². The molecule has 0 bridgehead atoms. The highest BCUT2D eigenvalue weighted by atomic mass is 16.2. The zero-order chi connectivity index (χ0) is 30.5. The maximum Gasteiger partial charge on any atom is 0.271 e. The number of carbonyl (C=O) groups excluding carboxylic acids is 2. The number of piperidine rings is 2. The summed E-state index contributed by atoms with van der Waals surface area (Å²) >= 11 is 0. The molecule has 0 unspecified atom stereocenters. The number of hydrogen-bond acceptors (Lipinski definition) is 7. The van der Waals surface area contributed by atoms with E-state index in [1.165, 1.54) is 57.2 Å². The van der Waals surface area contributed by atoms with Crippen molar-refractivity contribution in [3.8, 4) is 0 Å². The third-order valence-electron chi connectivity index (χ3n) is 9.83. The zero-order valence-electron chi connectivity index (χ0n) is 25.8. The van der Waals surface area contributed by atoms with E-state index in [0.717, 1.165) is 36.8 Å². The van der Waals surface area contributed by atoms with Crippen LogP contribution in [0.4, 0.5) is 23.0 Å². The van der Waals surface area contributed by atoms with Crippen molar-refractivity contribution in [3.05, 3.63) is 72.1 Å². The predicted octanol–water partition coefficient (Wildman–Crippen LogP) is 5.71. The second-order valence-electron chi connectivity index (χ2n) is 12.7. The van der Waals surface area contributed by atoms with E-state index in [1.807, 2.05) is 37.4 Å². The van der Waals surface area contributed by atoms with Crippen LogP contribution in [0.25, 0.3) is 0 Å². The van der Waals surface area contributed by atoms with Gasteiger partial charge >= 0.3 is 0 Å². The van der Waals surface area contributed by atoms with Crippen molar-refractivity contribution < 1.29 is 9.59 Å². The van der Waals surface area contributed by atoms with Gasteiger partial charge in [-0.05, 0) is 93.3 Å². The van der Waals surface area contributed by atoms with Gasteiger partial charge in [0.2, 0.25) is 5.91 Å². The quantitative estimate of drug-likeness (QED) is 0.326. The number of carbonyl (C=O) groups is 2. The summed E-state index contributed by atoms with van der Waals surface area (Å²) in [6.07, 6.45) is 11.9. The van der Waals surface area contributed by atoms with Gasteiger partial charge in [0.1, 0.15) is 5.82 Å². The molecule has 1 saturated carbocycles. The summed E-state index contributed by atoms with van der Waals surface area (Å²) in [5, 5.41) is 3.31. The van der Waals surface area contributed by atoms with Gasteiger partial charge in [-0.15, -0.1) is 0 Å². The van der Waals surface area contributed by atoms with Crippen molar-refractivity contribution in [1.29, 1.82) is 0 Å². The fourth-order valence-corrected chi connectivity index (χ4v) is 7.26. The van der Waals surface area contributed by atoms with Gasteiger partial charge in [-0.1, -0.05) is 43.2 Å². The maximum atomic E-state index is 13.0. The largest absolute Gasteiger partial charge is 0.364 e. The number of anilines is 4. The summed E-state index contributed by atoms with van der Waals surface area (Å²) < 4.78 is 0. The van der Waals surface area contributed by atoms with Crippen LogP contribution in [0.2, 0.25) is 0 Å². The Morgan fingerprint density at radius 2 is 1.66 bits per heavy atom. The van der Waals surface area contributed by atoms with E-state index in [4.69, 9.17) is 10.7 Å². The van der Waals surface area contributed by atoms with Crippen LogP contribution in [0.15, 0.2) is 60.8 Å². The second kappa shape index (κ2) is 13.8. The summed E-state index contributed by atoms with van der Waals surface area (Å²) in [7, 11) is 1.83. The predicted molar refractivity (Wildman–Crippen MR) is 175 cm³/mol. The molecule has 9 nitrogen and oxygen atoms in total. The number of nitrogens with one attached hydrogen (secondary N) is 1. The molecule has 2 amide bonds. The first-order chi connectivity index (χ1) is 21.4. The molecule has 3 N–H and O–H groups in total. The number of rotatable bonds is 9. The minimum absolute atomic E-state index is 0.100. The molecular weight excluding hydrogens is 550 g/mol. The molecule has 2 aromatic carbocycles. The Morgan fingerprint density at radius 1 is 0.932 bits per heavy atom. The van der Waals surface area contributed by atoms with Crippen LogP contribution < -0.4 is 20.9 Å². The summed E-state index contributed by atoms with van der Waals surface area (Å²) in [5.74, 6) is 1.30. The van der Waals surface area contributed by atoms with Crippen molar-refractivity contribution in [3.63, 3.8) is 0 Å². The first-order valence-corrected chi connectivity index (χ1v) is 16.3. The van der Waals surface area contributed by atoms with Crippen LogP contribution in [0.1, 0.15) is 79.8 Å². The molecule has 3 aliphatic rings. The Kier molecular flexibility index (Phi) is 9.40. The van der Waals surface area contributed by atoms with Gasteiger partial charge in [-0.3, -0.25) is 9.59 Å². The van der Waals surface area contributed by atoms with E-state index >= 15 is 0 Å². The summed E-state index contributed by atoms with van der Waals surface area (Å²) in [6, 6.07) is 19.0. The van der Waals surface area contributed by atoms with E-state index in [9.17, 15) is 9.59 Å². The van der Waals surface area contributed by atoms with Gasteiger partial charge < -0.3 is 25.8 Å². The lowest BCUT2D eigenvalue weighted by molar-refractivity contribution is -0.119. The SMILES string of the molecule is CN(C(=O)C[C@@H]1CCCN(c2cnc(C(N)=O)c(Nc3ccc(C4CCN(C5CCCC5)CC4)cc3)n2)C1)c1ccccc1. The molecule has 3 fully saturated rings. The smallest absolute Gasteiger partial charge is 0.271 e. The lowest BCUT2D eigenvalue weighted by atomic mass is 9.88. The monoisotopic (exact) mass is 595 g/mol. The standard InChI is InChI=1S/C35H45N7O2/c1-40(29-9-3-2-4-10-29)32(43)22-25-8-7-19-42(24-25)31-23-37-33(34(36)44)35(39-31)38-28-15-13-26(14-16-28)27-17-20-41(21-18-27)30-11-5-6-12-30/h2-4,9-10,13-16,23,25,27,30H,5-8,11-12,17-22,24H2,1H3,(H2,36,44)(H,38,39)/t25-/m0/s1. The number of likely N-dealkylation sites (tertiary alicyclic amines) is 1. The Morgan fingerprint density at radius 3 is 2.36 bits per heavy atom. The summed E-state index contributed by atoms with van der Waals surface area (Å²) in [6.45, 7) is 3.90. The van der Waals surface area contributed by atoms with Gasteiger partial charge in [0, 0.05) is 44.0 Å². The van der Waals surface area contributed by atoms with Gasteiger partial charge in [-0.25, -0.2) is 9.97 Å². The molecule has 3 aromatic rings. The Labute approximate surface area is 260 Å².